The number of phenols is 1. The number of benzene rings is 1. The van der Waals surface area contributed by atoms with Crippen LogP contribution in [-0.4, -0.2) is 16.2 Å². The molecule has 2 N–H and O–H groups in total. The van der Waals surface area contributed by atoms with E-state index in [1.165, 1.54) is 6.07 Å². The van der Waals surface area contributed by atoms with Gasteiger partial charge in [0.2, 0.25) is 0 Å². The van der Waals surface area contributed by atoms with Crippen LogP contribution in [0.5, 0.6) is 5.75 Å². The Kier molecular flexibility index (Phi) is 17.9. The standard InChI is InChI=1S/C6H5O.C3H6O2.Mn.Zr/c7-6-4-2-1-3-5-6;1-2-3(4)5;;/h1-2,4-5,7H;2H2,1H3,(H,4,5);;/q-1;;;. The summed E-state index contributed by atoms with van der Waals surface area (Å²) in [5, 5.41) is 16.3. The average molecular weight is 313 g/mol. The first-order valence-electron chi connectivity index (χ1n) is 3.53. The number of hydrogen-bond donors (Lipinski definition) is 2. The summed E-state index contributed by atoms with van der Waals surface area (Å²) < 4.78 is 0. The molecule has 0 amide bonds. The number of carboxylic acids is 1. The summed E-state index contributed by atoms with van der Waals surface area (Å²) in [6, 6.07) is 9.30. The van der Waals surface area contributed by atoms with Crippen molar-refractivity contribution in [3.63, 3.8) is 0 Å². The van der Waals surface area contributed by atoms with E-state index < -0.39 is 5.97 Å². The number of carboxylic acid groups (broad SMARTS) is 1. The van der Waals surface area contributed by atoms with E-state index in [4.69, 9.17) is 10.2 Å². The van der Waals surface area contributed by atoms with Gasteiger partial charge in [-0.3, -0.25) is 4.79 Å². The van der Waals surface area contributed by atoms with Crippen LogP contribution < -0.4 is 0 Å². The summed E-state index contributed by atoms with van der Waals surface area (Å²) in [5.74, 6) is -0.479. The molecule has 0 aliphatic carbocycles. The Morgan fingerprint density at radius 1 is 1.57 bits per heavy atom. The quantitative estimate of drug-likeness (QED) is 0.612. The minimum absolute atomic E-state index is 0. The van der Waals surface area contributed by atoms with Gasteiger partial charge >= 0.3 is 5.97 Å². The monoisotopic (exact) mass is 312 g/mol. The van der Waals surface area contributed by atoms with Gasteiger partial charge in [-0.05, 0) is 0 Å². The van der Waals surface area contributed by atoms with Crippen molar-refractivity contribution in [3.8, 4) is 5.75 Å². The fourth-order valence-electron chi connectivity index (χ4n) is 0.384. The molecular weight excluding hydrogens is 302 g/mol. The number of aromatic hydroxyl groups is 1. The molecule has 0 bridgehead atoms. The van der Waals surface area contributed by atoms with Crippen LogP contribution in [0.4, 0.5) is 0 Å². The maximum atomic E-state index is 9.37. The molecule has 1 radical (unpaired) electrons. The van der Waals surface area contributed by atoms with Crippen molar-refractivity contribution in [2.75, 3.05) is 0 Å². The van der Waals surface area contributed by atoms with E-state index in [0.29, 0.717) is 0 Å². The van der Waals surface area contributed by atoms with E-state index >= 15 is 0 Å². The third-order valence-corrected chi connectivity index (χ3v) is 0.993. The van der Waals surface area contributed by atoms with Crippen molar-refractivity contribution in [1.29, 1.82) is 0 Å². The number of phenolic OH excluding ortho intramolecular Hbond substituents is 1. The van der Waals surface area contributed by atoms with Gasteiger partial charge in [-0.25, -0.2) is 0 Å². The van der Waals surface area contributed by atoms with Gasteiger partial charge in [-0.15, -0.1) is 12.1 Å². The zero-order valence-electron chi connectivity index (χ0n) is 7.70. The SMILES string of the molecule is CCC(=O)O.Oc1c[c-]ccc1.[Mn].[Zr]. The summed E-state index contributed by atoms with van der Waals surface area (Å²) in [6.07, 6.45) is 0.222. The van der Waals surface area contributed by atoms with E-state index in [2.05, 4.69) is 6.07 Å². The Hall–Kier alpha value is -0.107. The molecular formula is C9H11MnO3Zr-. The number of rotatable bonds is 1. The molecule has 1 aromatic rings. The molecule has 0 saturated carbocycles. The molecule has 0 aromatic heterocycles. The Morgan fingerprint density at radius 2 is 2.07 bits per heavy atom. The van der Waals surface area contributed by atoms with Crippen molar-refractivity contribution < 1.29 is 58.3 Å². The zero-order chi connectivity index (χ0) is 9.40. The number of hydrogen-bond acceptors (Lipinski definition) is 2. The largest absolute Gasteiger partial charge is 0.566 e. The predicted octanol–water partition coefficient (Wildman–Crippen LogP) is 1.67. The fraction of sp³-hybridized carbons (Fsp3) is 0.222. The van der Waals surface area contributed by atoms with Crippen molar-refractivity contribution in [3.05, 3.63) is 30.3 Å². The molecule has 5 heteroatoms. The third-order valence-electron chi connectivity index (χ3n) is 0.993. The topological polar surface area (TPSA) is 57.5 Å². The molecule has 0 unspecified atom stereocenters. The Balaban J connectivity index is -0.000000159. The van der Waals surface area contributed by atoms with Gasteiger partial charge < -0.3 is 10.2 Å². The molecule has 0 aliphatic heterocycles. The summed E-state index contributed by atoms with van der Waals surface area (Å²) in [5.41, 5.74) is 0. The molecule has 0 saturated heterocycles. The summed E-state index contributed by atoms with van der Waals surface area (Å²) in [7, 11) is 0. The molecule has 77 valence electrons. The molecule has 0 fully saturated rings. The minimum Gasteiger partial charge on any atom is -0.566 e. The van der Waals surface area contributed by atoms with Gasteiger partial charge in [-0.2, -0.15) is 18.2 Å². The molecule has 0 aliphatic rings. The van der Waals surface area contributed by atoms with Crippen LogP contribution in [0.15, 0.2) is 24.3 Å². The summed E-state index contributed by atoms with van der Waals surface area (Å²) in [4.78, 5) is 9.37. The second-order valence-corrected chi connectivity index (χ2v) is 2.01. The Labute approximate surface area is 113 Å². The van der Waals surface area contributed by atoms with Crippen molar-refractivity contribution in [2.24, 2.45) is 0 Å². The Morgan fingerprint density at radius 3 is 2.21 bits per heavy atom. The van der Waals surface area contributed by atoms with E-state index in [1.807, 2.05) is 0 Å². The maximum Gasteiger partial charge on any atom is 0.303 e. The van der Waals surface area contributed by atoms with Gasteiger partial charge in [0.1, 0.15) is 0 Å². The van der Waals surface area contributed by atoms with Crippen molar-refractivity contribution in [1.82, 2.24) is 0 Å². The van der Waals surface area contributed by atoms with Crippen LogP contribution in [0.3, 0.4) is 0 Å². The van der Waals surface area contributed by atoms with Gasteiger partial charge in [-0.1, -0.05) is 6.92 Å². The number of carbonyl (C=O) groups is 1. The summed E-state index contributed by atoms with van der Waals surface area (Å²) >= 11 is 0. The molecule has 0 atom stereocenters. The fourth-order valence-corrected chi connectivity index (χ4v) is 0.384. The van der Waals surface area contributed by atoms with E-state index in [1.54, 1.807) is 25.1 Å². The third kappa shape index (κ3) is 14.4. The van der Waals surface area contributed by atoms with Crippen LogP contribution in [0.1, 0.15) is 13.3 Å². The molecule has 1 aromatic carbocycles. The van der Waals surface area contributed by atoms with Gasteiger partial charge in [0.05, 0.1) is 0 Å². The Bertz CT molecular complexity index is 229. The van der Waals surface area contributed by atoms with Crippen molar-refractivity contribution in [2.45, 2.75) is 13.3 Å². The predicted molar refractivity (Wildman–Crippen MR) is 44.9 cm³/mol. The first-order valence-corrected chi connectivity index (χ1v) is 3.53. The molecule has 3 nitrogen and oxygen atoms in total. The van der Waals surface area contributed by atoms with E-state index in [0.717, 1.165) is 0 Å². The van der Waals surface area contributed by atoms with E-state index in [-0.39, 0.29) is 55.4 Å². The van der Waals surface area contributed by atoms with Gasteiger partial charge in [0.25, 0.3) is 0 Å². The smallest absolute Gasteiger partial charge is 0.303 e. The molecule has 0 heterocycles. The second-order valence-electron chi connectivity index (χ2n) is 2.01. The van der Waals surface area contributed by atoms with Crippen LogP contribution in [0.25, 0.3) is 0 Å². The van der Waals surface area contributed by atoms with Gasteiger partial charge in [0, 0.05) is 55.4 Å². The van der Waals surface area contributed by atoms with Crippen LogP contribution in [0.2, 0.25) is 0 Å². The first kappa shape index (κ1) is 19.5. The normalized spacial score (nSPS) is 6.93. The van der Waals surface area contributed by atoms with Crippen LogP contribution in [0, 0.1) is 6.07 Å². The van der Waals surface area contributed by atoms with Gasteiger partial charge in [0.15, 0.2) is 0 Å². The van der Waals surface area contributed by atoms with Crippen molar-refractivity contribution >= 4 is 5.97 Å². The first-order chi connectivity index (χ1) is 5.66. The molecule has 1 rings (SSSR count). The van der Waals surface area contributed by atoms with E-state index in [9.17, 15) is 4.79 Å². The van der Waals surface area contributed by atoms with Crippen LogP contribution in [-0.2, 0) is 48.1 Å². The summed E-state index contributed by atoms with van der Waals surface area (Å²) in [6.45, 7) is 1.60. The second kappa shape index (κ2) is 12.9. The molecule has 0 spiro atoms. The average Bonchev–Trinajstić information content (AvgIpc) is 2.07. The zero-order valence-corrected chi connectivity index (χ0v) is 11.3. The molecule has 14 heavy (non-hydrogen) atoms. The minimum atomic E-state index is -0.745. The van der Waals surface area contributed by atoms with Crippen LogP contribution >= 0.6 is 0 Å². The maximum absolute atomic E-state index is 9.37. The number of aliphatic carboxylic acids is 1.